The smallest absolute Gasteiger partial charge is 0.247 e. The quantitative estimate of drug-likeness (QED) is 0.789. The Morgan fingerprint density at radius 2 is 2.18 bits per heavy atom. The second kappa shape index (κ2) is 5.31. The van der Waals surface area contributed by atoms with E-state index in [-0.39, 0.29) is 5.54 Å². The Labute approximate surface area is 135 Å². The van der Waals surface area contributed by atoms with Crippen molar-refractivity contribution >= 4 is 27.9 Å². The van der Waals surface area contributed by atoms with Gasteiger partial charge < -0.3 is 14.6 Å². The average Bonchev–Trinajstić information content (AvgIpc) is 3.23. The van der Waals surface area contributed by atoms with E-state index in [4.69, 9.17) is 20.9 Å². The van der Waals surface area contributed by atoms with E-state index in [1.165, 1.54) is 11.3 Å². The van der Waals surface area contributed by atoms with Gasteiger partial charge in [-0.2, -0.15) is 4.98 Å². The fraction of sp³-hybridized carbons (Fsp3) is 0.462. The van der Waals surface area contributed by atoms with E-state index < -0.39 is 0 Å². The lowest BCUT2D eigenvalue weighted by Crippen LogP contribution is -2.45. The van der Waals surface area contributed by atoms with Crippen LogP contribution in [0.2, 0.25) is 5.15 Å². The number of aromatic nitrogens is 4. The number of fused-ring (bicyclic) bond motifs is 1. The lowest BCUT2D eigenvalue weighted by Gasteiger charge is -2.33. The van der Waals surface area contributed by atoms with E-state index in [0.717, 1.165) is 17.8 Å². The van der Waals surface area contributed by atoms with Crippen LogP contribution in [-0.4, -0.2) is 39.8 Å². The summed E-state index contributed by atoms with van der Waals surface area (Å²) in [6, 6.07) is 0. The Balaban J connectivity index is 1.78. The minimum Gasteiger partial charge on any atom is -0.381 e. The van der Waals surface area contributed by atoms with Gasteiger partial charge in [0, 0.05) is 24.8 Å². The van der Waals surface area contributed by atoms with Crippen molar-refractivity contribution in [3.63, 3.8) is 0 Å². The first kappa shape index (κ1) is 14.1. The normalized spacial score (nSPS) is 18.1. The van der Waals surface area contributed by atoms with Crippen LogP contribution in [0.1, 0.15) is 18.7 Å². The number of hydrogen-bond donors (Lipinski definition) is 1. The van der Waals surface area contributed by atoms with Crippen LogP contribution in [0.5, 0.6) is 0 Å². The van der Waals surface area contributed by atoms with Gasteiger partial charge in [0.1, 0.15) is 11.2 Å². The Morgan fingerprint density at radius 3 is 2.95 bits per heavy atom. The van der Waals surface area contributed by atoms with Crippen LogP contribution in [0.3, 0.4) is 0 Å². The summed E-state index contributed by atoms with van der Waals surface area (Å²) in [4.78, 5) is 9.68. The number of nitrogens with one attached hydrogen (secondary N) is 1. The second-order valence-electron chi connectivity index (χ2n) is 5.17. The first-order valence-corrected chi connectivity index (χ1v) is 8.21. The zero-order valence-electron chi connectivity index (χ0n) is 11.9. The van der Waals surface area contributed by atoms with Crippen LogP contribution < -0.4 is 5.32 Å². The molecule has 0 bridgehead atoms. The van der Waals surface area contributed by atoms with Gasteiger partial charge in [0.25, 0.3) is 0 Å². The molecule has 116 valence electrons. The van der Waals surface area contributed by atoms with Gasteiger partial charge in [-0.25, -0.2) is 4.98 Å². The molecule has 7 nitrogen and oxygen atoms in total. The van der Waals surface area contributed by atoms with Crippen molar-refractivity contribution in [3.05, 3.63) is 22.6 Å². The predicted molar refractivity (Wildman–Crippen MR) is 82.2 cm³/mol. The molecule has 22 heavy (non-hydrogen) atoms. The maximum Gasteiger partial charge on any atom is 0.247 e. The largest absolute Gasteiger partial charge is 0.381 e. The summed E-state index contributed by atoms with van der Waals surface area (Å²) in [6.45, 7) is 1.33. The van der Waals surface area contributed by atoms with Crippen molar-refractivity contribution in [1.82, 2.24) is 24.8 Å². The molecule has 0 radical (unpaired) electrons. The Kier molecular flexibility index (Phi) is 3.41. The fourth-order valence-corrected chi connectivity index (χ4v) is 3.78. The minimum absolute atomic E-state index is 0.339. The lowest BCUT2D eigenvalue weighted by atomic mass is 9.90. The third kappa shape index (κ3) is 2.06. The van der Waals surface area contributed by atoms with Crippen molar-refractivity contribution < 1.29 is 9.26 Å². The maximum absolute atomic E-state index is 6.22. The van der Waals surface area contributed by atoms with Crippen molar-refractivity contribution in [2.45, 2.75) is 18.4 Å². The van der Waals surface area contributed by atoms with Gasteiger partial charge in [-0.05, 0) is 19.9 Å². The fourth-order valence-electron chi connectivity index (χ4n) is 2.76. The topological polar surface area (TPSA) is 77.5 Å². The van der Waals surface area contributed by atoms with Crippen molar-refractivity contribution in [2.24, 2.45) is 0 Å². The van der Waals surface area contributed by atoms with Gasteiger partial charge in [-0.15, -0.1) is 11.3 Å². The highest BCUT2D eigenvalue weighted by atomic mass is 35.5. The number of thiazole rings is 1. The van der Waals surface area contributed by atoms with Gasteiger partial charge in [-0.1, -0.05) is 16.8 Å². The molecule has 1 N–H and O–H groups in total. The Bertz CT molecular complexity index is 804. The zero-order chi connectivity index (χ0) is 15.2. The third-order valence-corrected chi connectivity index (χ3v) is 5.11. The molecule has 3 aromatic rings. The molecule has 4 rings (SSSR count). The number of imidazole rings is 1. The van der Waals surface area contributed by atoms with Crippen LogP contribution in [0.15, 0.2) is 16.1 Å². The van der Waals surface area contributed by atoms with Crippen LogP contribution in [0.4, 0.5) is 0 Å². The average molecular weight is 340 g/mol. The van der Waals surface area contributed by atoms with E-state index in [1.54, 1.807) is 0 Å². The van der Waals surface area contributed by atoms with Crippen LogP contribution in [-0.2, 0) is 10.3 Å². The summed E-state index contributed by atoms with van der Waals surface area (Å²) in [5.74, 6) is 1.02. The zero-order valence-corrected chi connectivity index (χ0v) is 13.4. The summed E-state index contributed by atoms with van der Waals surface area (Å²) >= 11 is 7.73. The summed E-state index contributed by atoms with van der Waals surface area (Å²) in [6.07, 6.45) is 3.48. The SMILES string of the molecule is CNC1(c2nc(-c3c(Cl)nc4sccn34)no2)CCOCC1. The first-order valence-electron chi connectivity index (χ1n) is 6.96. The molecule has 0 aromatic carbocycles. The van der Waals surface area contributed by atoms with Crippen molar-refractivity contribution in [2.75, 3.05) is 20.3 Å². The van der Waals surface area contributed by atoms with E-state index in [9.17, 15) is 0 Å². The summed E-state index contributed by atoms with van der Waals surface area (Å²) < 4.78 is 12.8. The number of halogens is 1. The standard InChI is InChI=1S/C13H14ClN5O2S/c1-15-13(2-5-20-6-3-13)11-17-10(18-21-11)8-9(14)16-12-19(8)4-7-22-12/h4,7,15H,2-3,5-6H2,1H3. The molecule has 0 unspecified atom stereocenters. The van der Waals surface area contributed by atoms with Crippen molar-refractivity contribution in [1.29, 1.82) is 0 Å². The molecule has 0 atom stereocenters. The van der Waals surface area contributed by atoms with Gasteiger partial charge in [-0.3, -0.25) is 4.40 Å². The number of rotatable bonds is 3. The molecular formula is C13H14ClN5O2S. The highest BCUT2D eigenvalue weighted by Crippen LogP contribution is 2.34. The van der Waals surface area contributed by atoms with E-state index in [0.29, 0.717) is 35.8 Å². The molecule has 0 amide bonds. The van der Waals surface area contributed by atoms with E-state index in [1.807, 2.05) is 23.0 Å². The van der Waals surface area contributed by atoms with E-state index >= 15 is 0 Å². The molecule has 0 saturated carbocycles. The third-order valence-electron chi connectivity index (χ3n) is 4.09. The van der Waals surface area contributed by atoms with Crippen molar-refractivity contribution in [3.8, 4) is 11.5 Å². The van der Waals surface area contributed by atoms with Crippen LogP contribution >= 0.6 is 22.9 Å². The molecule has 4 heterocycles. The van der Waals surface area contributed by atoms with Gasteiger partial charge in [0.2, 0.25) is 11.7 Å². The maximum atomic E-state index is 6.22. The molecule has 1 saturated heterocycles. The molecule has 1 fully saturated rings. The second-order valence-corrected chi connectivity index (χ2v) is 6.41. The predicted octanol–water partition coefficient (Wildman–Crippen LogP) is 2.32. The highest BCUT2D eigenvalue weighted by Gasteiger charge is 2.38. The van der Waals surface area contributed by atoms with Crippen LogP contribution in [0.25, 0.3) is 16.5 Å². The molecular weight excluding hydrogens is 326 g/mol. The molecule has 9 heteroatoms. The first-order chi connectivity index (χ1) is 10.7. The van der Waals surface area contributed by atoms with Gasteiger partial charge >= 0.3 is 0 Å². The number of hydrogen-bond acceptors (Lipinski definition) is 7. The minimum atomic E-state index is -0.339. The van der Waals surface area contributed by atoms with Gasteiger partial charge in [0.05, 0.1) is 0 Å². The number of ether oxygens (including phenoxy) is 1. The summed E-state index contributed by atoms with van der Waals surface area (Å²) in [5, 5.41) is 9.74. The highest BCUT2D eigenvalue weighted by molar-refractivity contribution is 7.15. The van der Waals surface area contributed by atoms with Crippen LogP contribution in [0, 0.1) is 0 Å². The lowest BCUT2D eigenvalue weighted by molar-refractivity contribution is 0.0262. The molecule has 0 spiro atoms. The molecule has 3 aromatic heterocycles. The molecule has 0 aliphatic carbocycles. The Morgan fingerprint density at radius 1 is 1.36 bits per heavy atom. The summed E-state index contributed by atoms with van der Waals surface area (Å²) in [7, 11) is 1.90. The summed E-state index contributed by atoms with van der Waals surface area (Å²) in [5.41, 5.74) is 0.320. The molecule has 1 aliphatic heterocycles. The van der Waals surface area contributed by atoms with Gasteiger partial charge in [0.15, 0.2) is 10.1 Å². The number of nitrogens with zero attached hydrogens (tertiary/aromatic N) is 4. The molecule has 1 aliphatic rings. The van der Waals surface area contributed by atoms with E-state index in [2.05, 4.69) is 20.4 Å². The Hall–Kier alpha value is -1.48. The monoisotopic (exact) mass is 339 g/mol.